The highest BCUT2D eigenvalue weighted by molar-refractivity contribution is 7.89. The Hall–Kier alpha value is -3.05. The summed E-state index contributed by atoms with van der Waals surface area (Å²) in [5, 5.41) is 4.96. The van der Waals surface area contributed by atoms with Crippen molar-refractivity contribution in [3.63, 3.8) is 0 Å². The molecule has 0 spiro atoms. The van der Waals surface area contributed by atoms with E-state index in [4.69, 9.17) is 4.74 Å². The molecule has 1 saturated heterocycles. The van der Waals surface area contributed by atoms with Crippen LogP contribution in [-0.2, 0) is 19.6 Å². The Morgan fingerprint density at radius 1 is 1.26 bits per heavy atom. The van der Waals surface area contributed by atoms with E-state index in [0.29, 0.717) is 23.7 Å². The molecular formula is C20H19F2N3O5S. The first-order valence-corrected chi connectivity index (χ1v) is 11.0. The van der Waals surface area contributed by atoms with E-state index in [0.717, 1.165) is 16.4 Å². The summed E-state index contributed by atoms with van der Waals surface area (Å²) in [6.07, 6.45) is 0.699. The van der Waals surface area contributed by atoms with Gasteiger partial charge in [-0.25, -0.2) is 17.2 Å². The van der Waals surface area contributed by atoms with Crippen molar-refractivity contribution in [2.75, 3.05) is 23.8 Å². The van der Waals surface area contributed by atoms with Crippen LogP contribution in [0.2, 0.25) is 0 Å². The minimum absolute atomic E-state index is 0.0462. The maximum absolute atomic E-state index is 13.9. The summed E-state index contributed by atoms with van der Waals surface area (Å²) in [6.45, 7) is 1.46. The molecule has 8 nitrogen and oxygen atoms in total. The van der Waals surface area contributed by atoms with Crippen molar-refractivity contribution in [2.24, 2.45) is 0 Å². The van der Waals surface area contributed by atoms with E-state index < -0.39 is 33.6 Å². The standard InChI is InChI=1S/C20H19F2N3O5S/c1-11-7-15-17(30-10-19(26)23-15)9-18(11)31(28,29)25-6-2-3-16(25)20(27)24-14-5-4-12(21)8-13(14)22/h4-5,7-9,16H,2-3,6,10H2,1H3,(H,23,26)(H,24,27)/t16-/m0/s1. The maximum atomic E-state index is 13.9. The fourth-order valence-electron chi connectivity index (χ4n) is 3.72. The van der Waals surface area contributed by atoms with Crippen LogP contribution in [0.3, 0.4) is 0 Å². The van der Waals surface area contributed by atoms with Gasteiger partial charge in [0, 0.05) is 18.7 Å². The van der Waals surface area contributed by atoms with Crippen molar-refractivity contribution in [1.82, 2.24) is 4.31 Å². The molecule has 31 heavy (non-hydrogen) atoms. The van der Waals surface area contributed by atoms with Gasteiger partial charge in [-0.3, -0.25) is 9.59 Å². The lowest BCUT2D eigenvalue weighted by atomic mass is 10.2. The van der Waals surface area contributed by atoms with E-state index in [1.165, 1.54) is 12.1 Å². The third kappa shape index (κ3) is 3.98. The second kappa shape index (κ2) is 7.89. The number of hydrogen-bond donors (Lipinski definition) is 2. The maximum Gasteiger partial charge on any atom is 0.262 e. The van der Waals surface area contributed by atoms with Gasteiger partial charge in [0.1, 0.15) is 23.4 Å². The van der Waals surface area contributed by atoms with Crippen molar-refractivity contribution in [3.8, 4) is 5.75 Å². The number of anilines is 2. The van der Waals surface area contributed by atoms with Crippen LogP contribution in [0.5, 0.6) is 5.75 Å². The van der Waals surface area contributed by atoms with E-state index in [2.05, 4.69) is 10.6 Å². The summed E-state index contributed by atoms with van der Waals surface area (Å²) in [6, 6.07) is 4.48. The topological polar surface area (TPSA) is 105 Å². The zero-order valence-corrected chi connectivity index (χ0v) is 17.3. The van der Waals surface area contributed by atoms with Crippen LogP contribution < -0.4 is 15.4 Å². The highest BCUT2D eigenvalue weighted by Gasteiger charge is 2.40. The van der Waals surface area contributed by atoms with E-state index in [9.17, 15) is 26.8 Å². The molecule has 2 aromatic carbocycles. The SMILES string of the molecule is Cc1cc2c(cc1S(=O)(=O)N1CCC[C@H]1C(=O)Nc1ccc(F)cc1F)OCC(=O)N2. The number of hydrogen-bond acceptors (Lipinski definition) is 5. The molecule has 164 valence electrons. The van der Waals surface area contributed by atoms with Gasteiger partial charge < -0.3 is 15.4 Å². The number of sulfonamides is 1. The van der Waals surface area contributed by atoms with Gasteiger partial charge in [0.05, 0.1) is 16.3 Å². The Balaban J connectivity index is 1.62. The highest BCUT2D eigenvalue weighted by Crippen LogP contribution is 2.36. The number of nitrogens with one attached hydrogen (secondary N) is 2. The van der Waals surface area contributed by atoms with Crippen LogP contribution in [0.15, 0.2) is 35.2 Å². The number of aryl methyl sites for hydroxylation is 1. The van der Waals surface area contributed by atoms with Crippen molar-refractivity contribution >= 4 is 33.2 Å². The number of nitrogens with zero attached hydrogens (tertiary/aromatic N) is 1. The molecule has 2 aliphatic heterocycles. The van der Waals surface area contributed by atoms with Crippen molar-refractivity contribution in [1.29, 1.82) is 0 Å². The Morgan fingerprint density at radius 3 is 2.77 bits per heavy atom. The number of amides is 2. The number of carbonyl (C=O) groups excluding carboxylic acids is 2. The largest absolute Gasteiger partial charge is 0.482 e. The van der Waals surface area contributed by atoms with Gasteiger partial charge in [0.25, 0.3) is 5.91 Å². The lowest BCUT2D eigenvalue weighted by Crippen LogP contribution is -2.43. The van der Waals surface area contributed by atoms with Gasteiger partial charge in [-0.1, -0.05) is 0 Å². The number of ether oxygens (including phenoxy) is 1. The predicted octanol–water partition coefficient (Wildman–Crippen LogP) is 2.40. The third-order valence-electron chi connectivity index (χ3n) is 5.19. The van der Waals surface area contributed by atoms with Gasteiger partial charge in [-0.05, 0) is 43.5 Å². The molecule has 1 atom stereocenters. The third-order valence-corrected chi connectivity index (χ3v) is 7.24. The van der Waals surface area contributed by atoms with Crippen molar-refractivity contribution in [3.05, 3.63) is 47.5 Å². The van der Waals surface area contributed by atoms with Crippen LogP contribution in [0, 0.1) is 18.6 Å². The van der Waals surface area contributed by atoms with Gasteiger partial charge in [-0.2, -0.15) is 4.31 Å². The molecule has 0 unspecified atom stereocenters. The number of carbonyl (C=O) groups is 2. The van der Waals surface area contributed by atoms with Crippen molar-refractivity contribution < 1.29 is 31.5 Å². The fraction of sp³-hybridized carbons (Fsp3) is 0.300. The zero-order chi connectivity index (χ0) is 22.3. The van der Waals surface area contributed by atoms with Crippen LogP contribution in [0.25, 0.3) is 0 Å². The molecule has 11 heteroatoms. The summed E-state index contributed by atoms with van der Waals surface area (Å²) < 4.78 is 60.1. The average molecular weight is 451 g/mol. The van der Waals surface area contributed by atoms with E-state index in [1.807, 2.05) is 0 Å². The van der Waals surface area contributed by atoms with Crippen LogP contribution in [0.1, 0.15) is 18.4 Å². The molecule has 2 aliphatic rings. The van der Waals surface area contributed by atoms with Gasteiger partial charge >= 0.3 is 0 Å². The first-order valence-electron chi connectivity index (χ1n) is 9.52. The second-order valence-corrected chi connectivity index (χ2v) is 9.20. The van der Waals surface area contributed by atoms with Crippen LogP contribution in [0.4, 0.5) is 20.2 Å². The van der Waals surface area contributed by atoms with Gasteiger partial charge in [-0.15, -0.1) is 0 Å². The Bertz CT molecular complexity index is 1190. The quantitative estimate of drug-likeness (QED) is 0.743. The lowest BCUT2D eigenvalue weighted by Gasteiger charge is -2.26. The molecule has 0 bridgehead atoms. The smallest absolute Gasteiger partial charge is 0.262 e. The minimum atomic E-state index is -4.09. The summed E-state index contributed by atoms with van der Waals surface area (Å²) in [5.41, 5.74) is 0.514. The molecule has 0 aromatic heterocycles. The van der Waals surface area contributed by atoms with E-state index in [-0.39, 0.29) is 41.8 Å². The Labute approximate surface area is 177 Å². The van der Waals surface area contributed by atoms with Crippen LogP contribution >= 0.6 is 0 Å². The highest BCUT2D eigenvalue weighted by atomic mass is 32.2. The molecule has 0 radical (unpaired) electrons. The molecule has 0 aliphatic carbocycles. The molecule has 0 saturated carbocycles. The summed E-state index contributed by atoms with van der Waals surface area (Å²) in [7, 11) is -4.09. The number of rotatable bonds is 4. The molecular weight excluding hydrogens is 432 g/mol. The zero-order valence-electron chi connectivity index (χ0n) is 16.4. The average Bonchev–Trinajstić information content (AvgIpc) is 3.20. The lowest BCUT2D eigenvalue weighted by molar-refractivity contribution is -0.119. The summed E-state index contributed by atoms with van der Waals surface area (Å²) in [4.78, 5) is 24.2. The monoisotopic (exact) mass is 451 g/mol. The fourth-order valence-corrected chi connectivity index (χ4v) is 5.60. The minimum Gasteiger partial charge on any atom is -0.482 e. The first-order chi connectivity index (χ1) is 14.7. The molecule has 2 aromatic rings. The first kappa shape index (κ1) is 21.2. The normalized spacial score (nSPS) is 18.8. The molecule has 2 amide bonds. The van der Waals surface area contributed by atoms with Gasteiger partial charge in [0.15, 0.2) is 6.61 Å². The van der Waals surface area contributed by atoms with Crippen LogP contribution in [-0.4, -0.2) is 43.7 Å². The molecule has 1 fully saturated rings. The molecule has 4 rings (SSSR count). The predicted molar refractivity (Wildman–Crippen MR) is 107 cm³/mol. The molecule has 2 N–H and O–H groups in total. The summed E-state index contributed by atoms with van der Waals surface area (Å²) in [5.74, 6) is -2.57. The number of fused-ring (bicyclic) bond motifs is 1. The van der Waals surface area contributed by atoms with Gasteiger partial charge in [0.2, 0.25) is 15.9 Å². The number of benzene rings is 2. The summed E-state index contributed by atoms with van der Waals surface area (Å²) >= 11 is 0. The number of halogens is 2. The van der Waals surface area contributed by atoms with E-state index >= 15 is 0 Å². The molecule has 2 heterocycles. The van der Waals surface area contributed by atoms with E-state index in [1.54, 1.807) is 6.92 Å². The van der Waals surface area contributed by atoms with Crippen molar-refractivity contribution in [2.45, 2.75) is 30.7 Å². The Morgan fingerprint density at radius 2 is 2.03 bits per heavy atom. The Kier molecular flexibility index (Phi) is 5.40. The second-order valence-electron chi connectivity index (χ2n) is 7.34.